The molecule has 3 aromatic rings. The van der Waals surface area contributed by atoms with Gasteiger partial charge in [-0.1, -0.05) is 11.3 Å². The molecular formula is C14H15N5OS. The van der Waals surface area contributed by atoms with E-state index in [2.05, 4.69) is 20.3 Å². The highest BCUT2D eigenvalue weighted by molar-refractivity contribution is 7.22. The maximum atomic E-state index is 12.1. The molecule has 2 heterocycles. The number of imidazole rings is 1. The zero-order valence-corrected chi connectivity index (χ0v) is 12.1. The third-order valence-electron chi connectivity index (χ3n) is 3.10. The van der Waals surface area contributed by atoms with Gasteiger partial charge in [0, 0.05) is 30.9 Å². The molecule has 0 aliphatic carbocycles. The minimum atomic E-state index is -0.0803. The van der Waals surface area contributed by atoms with E-state index in [1.54, 1.807) is 18.5 Å². The van der Waals surface area contributed by atoms with E-state index in [-0.39, 0.29) is 5.91 Å². The fourth-order valence-corrected chi connectivity index (χ4v) is 2.85. The van der Waals surface area contributed by atoms with Crippen LogP contribution < -0.4 is 11.1 Å². The van der Waals surface area contributed by atoms with Crippen molar-refractivity contribution in [3.63, 3.8) is 0 Å². The Balaban J connectivity index is 1.56. The molecule has 0 bridgehead atoms. The molecule has 1 amide bonds. The van der Waals surface area contributed by atoms with Gasteiger partial charge in [-0.25, -0.2) is 9.97 Å². The summed E-state index contributed by atoms with van der Waals surface area (Å²) >= 11 is 1.38. The second kappa shape index (κ2) is 5.92. The Bertz CT molecular complexity index is 750. The highest BCUT2D eigenvalue weighted by atomic mass is 32.1. The van der Waals surface area contributed by atoms with Crippen molar-refractivity contribution < 1.29 is 4.79 Å². The third-order valence-corrected chi connectivity index (χ3v) is 3.95. The first kappa shape index (κ1) is 13.6. The predicted molar refractivity (Wildman–Crippen MR) is 83.3 cm³/mol. The first-order valence-electron chi connectivity index (χ1n) is 6.65. The summed E-state index contributed by atoms with van der Waals surface area (Å²) in [5.74, 6) is 0.856. The van der Waals surface area contributed by atoms with E-state index in [1.807, 2.05) is 12.1 Å². The summed E-state index contributed by atoms with van der Waals surface area (Å²) in [5, 5.41) is 3.42. The molecule has 0 atom stereocenters. The number of amides is 1. The number of benzene rings is 1. The molecule has 0 aliphatic rings. The smallest absolute Gasteiger partial charge is 0.251 e. The van der Waals surface area contributed by atoms with Gasteiger partial charge >= 0.3 is 0 Å². The molecule has 6 nitrogen and oxygen atoms in total. The van der Waals surface area contributed by atoms with Crippen LogP contribution in [0.1, 0.15) is 22.6 Å². The number of thiazole rings is 1. The van der Waals surface area contributed by atoms with E-state index in [1.165, 1.54) is 11.3 Å². The Hall–Kier alpha value is -2.41. The number of hydrogen-bond donors (Lipinski definition) is 3. The summed E-state index contributed by atoms with van der Waals surface area (Å²) in [5.41, 5.74) is 7.11. The maximum absolute atomic E-state index is 12.1. The van der Waals surface area contributed by atoms with Gasteiger partial charge in [-0.15, -0.1) is 0 Å². The van der Waals surface area contributed by atoms with E-state index in [0.717, 1.165) is 28.9 Å². The van der Waals surface area contributed by atoms with Gasteiger partial charge < -0.3 is 16.0 Å². The van der Waals surface area contributed by atoms with Crippen LogP contribution in [-0.2, 0) is 6.42 Å². The summed E-state index contributed by atoms with van der Waals surface area (Å²) in [6, 6.07) is 5.41. The average molecular weight is 301 g/mol. The summed E-state index contributed by atoms with van der Waals surface area (Å²) < 4.78 is 0.927. The van der Waals surface area contributed by atoms with Crippen molar-refractivity contribution in [3.05, 3.63) is 42.0 Å². The lowest BCUT2D eigenvalue weighted by atomic mass is 10.2. The molecule has 0 unspecified atom stereocenters. The topological polar surface area (TPSA) is 96.7 Å². The first-order chi connectivity index (χ1) is 10.2. The third kappa shape index (κ3) is 3.19. The molecule has 2 aromatic heterocycles. The summed E-state index contributed by atoms with van der Waals surface area (Å²) in [7, 11) is 0. The number of anilines is 1. The number of aryl methyl sites for hydroxylation is 1. The number of rotatable bonds is 5. The summed E-state index contributed by atoms with van der Waals surface area (Å²) in [4.78, 5) is 23.4. The monoisotopic (exact) mass is 301 g/mol. The molecule has 4 N–H and O–H groups in total. The van der Waals surface area contributed by atoms with Gasteiger partial charge in [-0.05, 0) is 24.6 Å². The van der Waals surface area contributed by atoms with Crippen molar-refractivity contribution in [1.82, 2.24) is 20.3 Å². The normalized spacial score (nSPS) is 10.9. The van der Waals surface area contributed by atoms with Crippen molar-refractivity contribution in [2.24, 2.45) is 0 Å². The number of carbonyl (C=O) groups is 1. The van der Waals surface area contributed by atoms with Gasteiger partial charge in [0.05, 0.1) is 10.2 Å². The quantitative estimate of drug-likeness (QED) is 0.628. The number of nitrogens with one attached hydrogen (secondary N) is 2. The second-order valence-corrected chi connectivity index (χ2v) is 5.69. The Labute approximate surface area is 125 Å². The number of aromatic nitrogens is 3. The Kier molecular flexibility index (Phi) is 3.83. The van der Waals surface area contributed by atoms with E-state index >= 15 is 0 Å². The predicted octanol–water partition coefficient (Wildman–Crippen LogP) is 1.96. The van der Waals surface area contributed by atoms with Gasteiger partial charge in [0.15, 0.2) is 5.13 Å². The molecule has 21 heavy (non-hydrogen) atoms. The largest absolute Gasteiger partial charge is 0.375 e. The van der Waals surface area contributed by atoms with Crippen LogP contribution in [0.5, 0.6) is 0 Å². The fraction of sp³-hybridized carbons (Fsp3) is 0.214. The van der Waals surface area contributed by atoms with Crippen LogP contribution in [0.2, 0.25) is 0 Å². The zero-order chi connectivity index (χ0) is 14.7. The molecule has 1 aromatic carbocycles. The van der Waals surface area contributed by atoms with Gasteiger partial charge in [0.25, 0.3) is 5.91 Å². The van der Waals surface area contributed by atoms with Crippen molar-refractivity contribution in [1.29, 1.82) is 0 Å². The Morgan fingerprint density at radius 3 is 3.14 bits per heavy atom. The fourth-order valence-electron chi connectivity index (χ4n) is 2.08. The standard InChI is InChI=1S/C14H15N5OS/c15-14-19-10-4-3-9(8-11(10)21-14)13(20)18-5-1-2-12-16-6-7-17-12/h3-4,6-8H,1-2,5H2,(H2,15,19)(H,16,17)(H,18,20). The van der Waals surface area contributed by atoms with Crippen LogP contribution in [0.4, 0.5) is 5.13 Å². The van der Waals surface area contributed by atoms with Crippen LogP contribution >= 0.6 is 11.3 Å². The molecular weight excluding hydrogens is 286 g/mol. The number of nitrogens with zero attached hydrogens (tertiary/aromatic N) is 2. The van der Waals surface area contributed by atoms with Crippen molar-refractivity contribution in [2.75, 3.05) is 12.3 Å². The Morgan fingerprint density at radius 1 is 1.43 bits per heavy atom. The molecule has 3 rings (SSSR count). The number of nitrogens with two attached hydrogens (primary N) is 1. The summed E-state index contributed by atoms with van der Waals surface area (Å²) in [6.45, 7) is 0.613. The molecule has 0 radical (unpaired) electrons. The molecule has 0 saturated heterocycles. The van der Waals surface area contributed by atoms with Gasteiger partial charge in [-0.2, -0.15) is 0 Å². The maximum Gasteiger partial charge on any atom is 0.251 e. The van der Waals surface area contributed by atoms with Crippen LogP contribution in [0.3, 0.4) is 0 Å². The number of aromatic amines is 1. The number of H-pyrrole nitrogens is 1. The van der Waals surface area contributed by atoms with Crippen molar-refractivity contribution in [2.45, 2.75) is 12.8 Å². The second-order valence-electron chi connectivity index (χ2n) is 4.63. The minimum Gasteiger partial charge on any atom is -0.375 e. The molecule has 108 valence electrons. The number of hydrogen-bond acceptors (Lipinski definition) is 5. The lowest BCUT2D eigenvalue weighted by molar-refractivity contribution is 0.0953. The van der Waals surface area contributed by atoms with Crippen molar-refractivity contribution in [3.8, 4) is 0 Å². The highest BCUT2D eigenvalue weighted by Crippen LogP contribution is 2.24. The molecule has 0 spiro atoms. The molecule has 7 heteroatoms. The van der Waals surface area contributed by atoms with E-state index in [4.69, 9.17) is 5.73 Å². The molecule has 0 fully saturated rings. The lowest BCUT2D eigenvalue weighted by Gasteiger charge is -2.04. The van der Waals surface area contributed by atoms with Crippen LogP contribution in [0.15, 0.2) is 30.6 Å². The molecule has 0 aliphatic heterocycles. The van der Waals surface area contributed by atoms with E-state index < -0.39 is 0 Å². The highest BCUT2D eigenvalue weighted by Gasteiger charge is 2.08. The van der Waals surface area contributed by atoms with Crippen molar-refractivity contribution >= 4 is 32.6 Å². The summed E-state index contributed by atoms with van der Waals surface area (Å²) in [6.07, 6.45) is 5.18. The Morgan fingerprint density at radius 2 is 2.33 bits per heavy atom. The minimum absolute atomic E-state index is 0.0803. The van der Waals surface area contributed by atoms with Crippen LogP contribution in [0, 0.1) is 0 Å². The lowest BCUT2D eigenvalue weighted by Crippen LogP contribution is -2.24. The van der Waals surface area contributed by atoms with Gasteiger partial charge in [0.2, 0.25) is 0 Å². The van der Waals surface area contributed by atoms with Crippen LogP contribution in [0.25, 0.3) is 10.2 Å². The van der Waals surface area contributed by atoms with Gasteiger partial charge in [-0.3, -0.25) is 4.79 Å². The average Bonchev–Trinajstić information content (AvgIpc) is 3.10. The number of fused-ring (bicyclic) bond motifs is 1. The first-order valence-corrected chi connectivity index (χ1v) is 7.46. The SMILES string of the molecule is Nc1nc2ccc(C(=O)NCCCc3ncc[nH]3)cc2s1. The number of carbonyl (C=O) groups excluding carboxylic acids is 1. The van der Waals surface area contributed by atoms with Crippen LogP contribution in [-0.4, -0.2) is 27.4 Å². The van der Waals surface area contributed by atoms with E-state index in [9.17, 15) is 4.79 Å². The number of nitrogen functional groups attached to an aromatic ring is 1. The van der Waals surface area contributed by atoms with E-state index in [0.29, 0.717) is 17.2 Å². The zero-order valence-electron chi connectivity index (χ0n) is 11.3. The van der Waals surface area contributed by atoms with Gasteiger partial charge in [0.1, 0.15) is 5.82 Å². The molecule has 0 saturated carbocycles.